The van der Waals surface area contributed by atoms with Crippen LogP contribution < -0.4 is 11.5 Å². The lowest BCUT2D eigenvalue weighted by Gasteiger charge is -1.69. The van der Waals surface area contributed by atoms with Gasteiger partial charge in [0.25, 0.3) is 0 Å². The van der Waals surface area contributed by atoms with Gasteiger partial charge in [-0.25, -0.2) is 0 Å². The first-order chi connectivity index (χ1) is 4.23. The second kappa shape index (κ2) is 8.19. The average Bonchev–Trinajstić information content (AvgIpc) is 2.11. The monoisotopic (exact) mass is 180 g/mol. The van der Waals surface area contributed by atoms with Gasteiger partial charge in [0.2, 0.25) is 0 Å². The molecule has 0 aliphatic heterocycles. The minimum absolute atomic E-state index is 0. The molecule has 5 N–H and O–H groups in total. The molecule has 0 radical (unpaired) electrons. The van der Waals surface area contributed by atoms with Crippen LogP contribution in [0.4, 0.5) is 0 Å². The molecule has 0 aromatic carbocycles. The summed E-state index contributed by atoms with van der Waals surface area (Å²) >= 11 is 1.60. The zero-order chi connectivity index (χ0) is 7.11. The van der Waals surface area contributed by atoms with Crippen molar-refractivity contribution in [3.63, 3.8) is 0 Å². The summed E-state index contributed by atoms with van der Waals surface area (Å²) in [6.45, 7) is 0. The number of hydrogen-bond acceptors (Lipinski definition) is 3. The van der Waals surface area contributed by atoms with Crippen molar-refractivity contribution in [1.82, 2.24) is 4.98 Å². The summed E-state index contributed by atoms with van der Waals surface area (Å²) in [7, 11) is 0. The number of nitrogens with two attached hydrogens (primary N) is 2. The van der Waals surface area contributed by atoms with Gasteiger partial charge < -0.3 is 11.5 Å². The van der Waals surface area contributed by atoms with Gasteiger partial charge in [0.1, 0.15) is 0 Å². The lowest BCUT2D eigenvalue weighted by atomic mass is 11.0. The van der Waals surface area contributed by atoms with E-state index < -0.39 is 0 Å². The molecule has 0 saturated heterocycles. The molecule has 0 aliphatic carbocycles. The SMILES string of the molecule is Cl.N=C(N)N.c1cscn1. The summed E-state index contributed by atoms with van der Waals surface area (Å²) in [6, 6.07) is 0. The van der Waals surface area contributed by atoms with Crippen LogP contribution >= 0.6 is 23.7 Å². The van der Waals surface area contributed by atoms with Crippen LogP contribution in [0.1, 0.15) is 0 Å². The van der Waals surface area contributed by atoms with Crippen molar-refractivity contribution in [2.75, 3.05) is 0 Å². The molecule has 0 saturated carbocycles. The molecule has 0 unspecified atom stereocenters. The minimum Gasteiger partial charge on any atom is -0.370 e. The van der Waals surface area contributed by atoms with Gasteiger partial charge in [0.15, 0.2) is 5.96 Å². The fourth-order valence-electron chi connectivity index (χ4n) is 0.176. The molecular weight excluding hydrogens is 172 g/mol. The molecule has 58 valence electrons. The van der Waals surface area contributed by atoms with Crippen LogP contribution in [0.15, 0.2) is 17.1 Å². The van der Waals surface area contributed by atoms with Gasteiger partial charge >= 0.3 is 0 Å². The number of thiazole rings is 1. The van der Waals surface area contributed by atoms with Gasteiger partial charge in [0, 0.05) is 11.6 Å². The lowest BCUT2D eigenvalue weighted by molar-refractivity contribution is 1.39. The van der Waals surface area contributed by atoms with Crippen molar-refractivity contribution >= 4 is 29.7 Å². The summed E-state index contributed by atoms with van der Waals surface area (Å²) in [5.74, 6) is -0.333. The van der Waals surface area contributed by atoms with E-state index >= 15 is 0 Å². The topological polar surface area (TPSA) is 88.8 Å². The Balaban J connectivity index is 0. The number of halogens is 1. The predicted molar refractivity (Wildman–Crippen MR) is 45.5 cm³/mol. The summed E-state index contributed by atoms with van der Waals surface area (Å²) in [6.07, 6.45) is 1.77. The molecule has 0 amide bonds. The molecule has 0 spiro atoms. The van der Waals surface area contributed by atoms with E-state index in [0.717, 1.165) is 0 Å². The Hall–Kier alpha value is -0.810. The van der Waals surface area contributed by atoms with E-state index in [1.165, 1.54) is 0 Å². The molecule has 1 rings (SSSR count). The maximum atomic E-state index is 6.06. The molecule has 1 aromatic heterocycles. The second-order valence-corrected chi connectivity index (χ2v) is 1.89. The van der Waals surface area contributed by atoms with Gasteiger partial charge in [-0.15, -0.1) is 23.7 Å². The molecule has 0 atom stereocenters. The standard InChI is InChI=1S/C3H3NS.CH5N3.ClH/c1-2-5-3-4-1;2-1(3)4;/h1-3H;(H5,2,3,4);1H. The molecule has 0 aliphatic rings. The van der Waals surface area contributed by atoms with E-state index in [1.54, 1.807) is 23.0 Å². The van der Waals surface area contributed by atoms with E-state index in [1.807, 2.05) is 5.38 Å². The second-order valence-electron chi connectivity index (χ2n) is 1.13. The molecular formula is C4H9ClN4S. The third-order valence-electron chi connectivity index (χ3n) is 0.347. The number of nitrogens with one attached hydrogen (secondary N) is 1. The number of hydrogen-bond donors (Lipinski definition) is 3. The fourth-order valence-corrected chi connectivity index (χ4v) is 0.527. The molecule has 6 heteroatoms. The fraction of sp³-hybridized carbons (Fsp3) is 0. The quantitative estimate of drug-likeness (QED) is 0.399. The smallest absolute Gasteiger partial charge is 0.183 e. The Morgan fingerprint density at radius 1 is 1.50 bits per heavy atom. The molecule has 10 heavy (non-hydrogen) atoms. The van der Waals surface area contributed by atoms with E-state index in [9.17, 15) is 0 Å². The van der Waals surface area contributed by atoms with E-state index in [-0.39, 0.29) is 18.4 Å². The van der Waals surface area contributed by atoms with Crippen LogP contribution in [0.25, 0.3) is 0 Å². The Labute approximate surface area is 69.2 Å². The number of nitrogens with zero attached hydrogens (tertiary/aromatic N) is 1. The highest BCUT2D eigenvalue weighted by Crippen LogP contribution is 1.85. The summed E-state index contributed by atoms with van der Waals surface area (Å²) in [5.41, 5.74) is 10.7. The Kier molecular flexibility index (Phi) is 9.77. The lowest BCUT2D eigenvalue weighted by Crippen LogP contribution is -2.20. The van der Waals surface area contributed by atoms with Gasteiger partial charge in [-0.2, -0.15) is 0 Å². The van der Waals surface area contributed by atoms with E-state index in [0.29, 0.717) is 0 Å². The van der Waals surface area contributed by atoms with Crippen molar-refractivity contribution in [3.8, 4) is 0 Å². The van der Waals surface area contributed by atoms with Crippen LogP contribution in [0, 0.1) is 5.41 Å². The van der Waals surface area contributed by atoms with Crippen molar-refractivity contribution in [2.24, 2.45) is 11.5 Å². The van der Waals surface area contributed by atoms with Crippen LogP contribution in [0.5, 0.6) is 0 Å². The Morgan fingerprint density at radius 3 is 2.10 bits per heavy atom. The first-order valence-corrected chi connectivity index (χ1v) is 3.09. The maximum absolute atomic E-state index is 6.06. The van der Waals surface area contributed by atoms with Crippen molar-refractivity contribution in [1.29, 1.82) is 5.41 Å². The molecule has 1 aromatic rings. The molecule has 4 nitrogen and oxygen atoms in total. The number of rotatable bonds is 0. The molecule has 0 bridgehead atoms. The third kappa shape index (κ3) is 15.7. The van der Waals surface area contributed by atoms with Gasteiger partial charge in [-0.3, -0.25) is 10.4 Å². The van der Waals surface area contributed by atoms with Crippen LogP contribution in [0.3, 0.4) is 0 Å². The van der Waals surface area contributed by atoms with Crippen LogP contribution in [0.2, 0.25) is 0 Å². The highest BCUT2D eigenvalue weighted by Gasteiger charge is 1.59. The zero-order valence-corrected chi connectivity index (χ0v) is 6.78. The Morgan fingerprint density at radius 2 is 2.00 bits per heavy atom. The highest BCUT2D eigenvalue weighted by atomic mass is 35.5. The van der Waals surface area contributed by atoms with Crippen molar-refractivity contribution in [2.45, 2.75) is 0 Å². The number of aromatic nitrogens is 1. The van der Waals surface area contributed by atoms with Crippen LogP contribution in [-0.2, 0) is 0 Å². The van der Waals surface area contributed by atoms with Crippen molar-refractivity contribution in [3.05, 3.63) is 17.1 Å². The van der Waals surface area contributed by atoms with E-state index in [2.05, 4.69) is 16.5 Å². The van der Waals surface area contributed by atoms with Gasteiger partial charge in [0.05, 0.1) is 5.51 Å². The Bertz CT molecular complexity index is 131. The average molecular weight is 181 g/mol. The first-order valence-electron chi connectivity index (χ1n) is 2.15. The highest BCUT2D eigenvalue weighted by molar-refractivity contribution is 7.07. The molecule has 0 fully saturated rings. The van der Waals surface area contributed by atoms with Gasteiger partial charge in [-0.05, 0) is 0 Å². The maximum Gasteiger partial charge on any atom is 0.183 e. The minimum atomic E-state index is -0.333. The first kappa shape index (κ1) is 11.9. The van der Waals surface area contributed by atoms with Gasteiger partial charge in [-0.1, -0.05) is 0 Å². The molecule has 1 heterocycles. The summed E-state index contributed by atoms with van der Waals surface area (Å²) in [5, 5.41) is 7.99. The third-order valence-corrected chi connectivity index (χ3v) is 0.869. The van der Waals surface area contributed by atoms with Crippen LogP contribution in [-0.4, -0.2) is 10.9 Å². The normalized spacial score (nSPS) is 6.40. The zero-order valence-electron chi connectivity index (χ0n) is 5.15. The summed E-state index contributed by atoms with van der Waals surface area (Å²) < 4.78 is 0. The largest absolute Gasteiger partial charge is 0.370 e. The van der Waals surface area contributed by atoms with Crippen molar-refractivity contribution < 1.29 is 0 Å². The van der Waals surface area contributed by atoms with E-state index in [4.69, 9.17) is 5.41 Å². The predicted octanol–water partition coefficient (Wildman–Crippen LogP) is 0.403. The number of guanidine groups is 1. The summed E-state index contributed by atoms with van der Waals surface area (Å²) in [4.78, 5) is 3.74.